The molecule has 0 aromatic heterocycles. The van der Waals surface area contributed by atoms with Crippen LogP contribution < -0.4 is 0 Å². The highest BCUT2D eigenvalue weighted by Gasteiger charge is 2.37. The Hall–Kier alpha value is -1.30. The molecule has 1 aromatic rings. The Balaban J connectivity index is 3.36. The van der Waals surface area contributed by atoms with Crippen molar-refractivity contribution >= 4 is 28.6 Å². The fourth-order valence-electron chi connectivity index (χ4n) is 1.57. The van der Waals surface area contributed by atoms with Crippen LogP contribution >= 0.6 is 22.6 Å². The maximum atomic E-state index is 13.0. The topological polar surface area (TPSA) is 50.1 Å². The molecule has 0 bridgehead atoms. The minimum atomic E-state index is -4.69. The molecule has 0 spiro atoms. The lowest BCUT2D eigenvalue weighted by molar-refractivity contribution is -0.143. The summed E-state index contributed by atoms with van der Waals surface area (Å²) < 4.78 is 43.9. The van der Waals surface area contributed by atoms with Gasteiger partial charge in [0.05, 0.1) is 30.2 Å². The van der Waals surface area contributed by atoms with Gasteiger partial charge in [0, 0.05) is 3.57 Å². The highest BCUT2D eigenvalue weighted by atomic mass is 127. The molecular weight excluding hydrogens is 374 g/mol. The molecule has 0 N–H and O–H groups in total. The second kappa shape index (κ2) is 6.23. The Morgan fingerprint density at radius 1 is 1.47 bits per heavy atom. The van der Waals surface area contributed by atoms with E-state index in [1.165, 1.54) is 12.1 Å². The third-order valence-corrected chi connectivity index (χ3v) is 3.30. The fraction of sp³-hybridized carbons (Fsp3) is 0.333. The molecule has 19 heavy (non-hydrogen) atoms. The third kappa shape index (κ3) is 3.83. The van der Waals surface area contributed by atoms with Crippen molar-refractivity contribution in [2.24, 2.45) is 0 Å². The third-order valence-electron chi connectivity index (χ3n) is 2.29. The van der Waals surface area contributed by atoms with Gasteiger partial charge in [0.15, 0.2) is 0 Å². The Labute approximate surface area is 121 Å². The second-order valence-electron chi connectivity index (χ2n) is 3.54. The van der Waals surface area contributed by atoms with Crippen LogP contribution in [0.1, 0.15) is 23.6 Å². The number of esters is 1. The zero-order valence-electron chi connectivity index (χ0n) is 9.84. The average molecular weight is 383 g/mol. The van der Waals surface area contributed by atoms with Gasteiger partial charge in [-0.25, -0.2) is 0 Å². The first-order valence-electron chi connectivity index (χ1n) is 5.25. The summed E-state index contributed by atoms with van der Waals surface area (Å²) in [6.45, 7) is 1.66. The fourth-order valence-corrected chi connectivity index (χ4v) is 2.21. The maximum Gasteiger partial charge on any atom is 0.418 e. The molecule has 1 aromatic carbocycles. The van der Waals surface area contributed by atoms with Gasteiger partial charge in [-0.15, -0.1) is 0 Å². The standard InChI is InChI=1S/C12H9F3INO2/c1-2-19-10(18)5-8-9(16)4-3-7(6-17)11(8)12(13,14)15/h3-4H,2,5H2,1H3. The van der Waals surface area contributed by atoms with Gasteiger partial charge >= 0.3 is 12.1 Å². The van der Waals surface area contributed by atoms with Crippen LogP contribution in [0.25, 0.3) is 0 Å². The number of nitrogens with zero attached hydrogens (tertiary/aromatic N) is 1. The molecule has 0 saturated carbocycles. The van der Waals surface area contributed by atoms with E-state index in [1.807, 2.05) is 0 Å². The summed E-state index contributed by atoms with van der Waals surface area (Å²) >= 11 is 1.70. The minimum Gasteiger partial charge on any atom is -0.466 e. The van der Waals surface area contributed by atoms with Crippen molar-refractivity contribution in [2.75, 3.05) is 6.61 Å². The summed E-state index contributed by atoms with van der Waals surface area (Å²) in [5.74, 6) is -0.749. The molecule has 0 amide bonds. The normalized spacial score (nSPS) is 10.9. The predicted molar refractivity (Wildman–Crippen MR) is 69.2 cm³/mol. The lowest BCUT2D eigenvalue weighted by atomic mass is 9.99. The number of carbonyl (C=O) groups excluding carboxylic acids is 1. The van der Waals surface area contributed by atoms with Crippen molar-refractivity contribution in [3.8, 4) is 6.07 Å². The zero-order valence-corrected chi connectivity index (χ0v) is 12.0. The number of hydrogen-bond acceptors (Lipinski definition) is 3. The van der Waals surface area contributed by atoms with E-state index in [1.54, 1.807) is 29.5 Å². The number of nitriles is 1. The van der Waals surface area contributed by atoms with Gasteiger partial charge in [0.1, 0.15) is 0 Å². The Bertz CT molecular complexity index is 535. The molecule has 0 aliphatic heterocycles. The van der Waals surface area contributed by atoms with E-state index in [0.717, 1.165) is 6.07 Å². The highest BCUT2D eigenvalue weighted by molar-refractivity contribution is 14.1. The Kier molecular flexibility index (Phi) is 5.17. The van der Waals surface area contributed by atoms with Gasteiger partial charge in [-0.1, -0.05) is 0 Å². The molecule has 0 unspecified atom stereocenters. The van der Waals surface area contributed by atoms with Crippen LogP contribution in [0, 0.1) is 14.9 Å². The first kappa shape index (κ1) is 15.8. The highest BCUT2D eigenvalue weighted by Crippen LogP contribution is 2.36. The van der Waals surface area contributed by atoms with Crippen molar-refractivity contribution in [2.45, 2.75) is 19.5 Å². The molecule has 1 rings (SSSR count). The van der Waals surface area contributed by atoms with E-state index >= 15 is 0 Å². The summed E-state index contributed by atoms with van der Waals surface area (Å²) in [6, 6.07) is 3.97. The van der Waals surface area contributed by atoms with Crippen molar-refractivity contribution in [3.63, 3.8) is 0 Å². The Morgan fingerprint density at radius 3 is 2.58 bits per heavy atom. The van der Waals surface area contributed by atoms with Gasteiger partial charge in [-0.05, 0) is 47.2 Å². The van der Waals surface area contributed by atoms with Gasteiger partial charge in [-0.2, -0.15) is 18.4 Å². The molecule has 0 atom stereocenters. The van der Waals surface area contributed by atoms with E-state index < -0.39 is 29.7 Å². The number of alkyl halides is 3. The van der Waals surface area contributed by atoms with E-state index in [0.29, 0.717) is 0 Å². The number of ether oxygens (including phenoxy) is 1. The van der Waals surface area contributed by atoms with Crippen LogP contribution in [0.5, 0.6) is 0 Å². The van der Waals surface area contributed by atoms with Crippen molar-refractivity contribution in [1.82, 2.24) is 0 Å². The minimum absolute atomic E-state index is 0.0920. The van der Waals surface area contributed by atoms with Crippen LogP contribution in [0.3, 0.4) is 0 Å². The number of rotatable bonds is 3. The van der Waals surface area contributed by atoms with Crippen LogP contribution in [0.15, 0.2) is 12.1 Å². The van der Waals surface area contributed by atoms with E-state index in [-0.39, 0.29) is 15.7 Å². The molecule has 0 aliphatic rings. The van der Waals surface area contributed by atoms with Gasteiger partial charge in [-0.3, -0.25) is 4.79 Å². The summed E-state index contributed by atoms with van der Waals surface area (Å²) in [5.41, 5.74) is -1.77. The lowest BCUT2D eigenvalue weighted by Gasteiger charge is -2.15. The van der Waals surface area contributed by atoms with Crippen molar-refractivity contribution in [3.05, 3.63) is 32.4 Å². The Morgan fingerprint density at radius 2 is 2.11 bits per heavy atom. The van der Waals surface area contributed by atoms with Crippen molar-refractivity contribution < 1.29 is 22.7 Å². The molecule has 7 heteroatoms. The van der Waals surface area contributed by atoms with E-state index in [9.17, 15) is 18.0 Å². The number of halogens is 4. The van der Waals surface area contributed by atoms with Gasteiger partial charge in [0.25, 0.3) is 0 Å². The monoisotopic (exact) mass is 383 g/mol. The molecule has 0 saturated heterocycles. The summed E-state index contributed by atoms with van der Waals surface area (Å²) in [6.07, 6.45) is -5.19. The largest absolute Gasteiger partial charge is 0.466 e. The number of carbonyl (C=O) groups is 1. The molecule has 0 aliphatic carbocycles. The maximum absolute atomic E-state index is 13.0. The predicted octanol–water partition coefficient (Wildman–Crippen LogP) is 3.29. The number of hydrogen-bond donors (Lipinski definition) is 0. The summed E-state index contributed by atoms with van der Waals surface area (Å²) in [7, 11) is 0. The second-order valence-corrected chi connectivity index (χ2v) is 4.70. The molecule has 0 radical (unpaired) electrons. The van der Waals surface area contributed by atoms with Gasteiger partial charge in [0.2, 0.25) is 0 Å². The first-order chi connectivity index (χ1) is 8.81. The first-order valence-corrected chi connectivity index (χ1v) is 6.33. The summed E-state index contributed by atoms with van der Waals surface area (Å²) in [4.78, 5) is 11.4. The molecule has 102 valence electrons. The molecule has 3 nitrogen and oxygen atoms in total. The average Bonchev–Trinajstić information content (AvgIpc) is 2.30. The summed E-state index contributed by atoms with van der Waals surface area (Å²) in [5, 5.41) is 8.77. The smallest absolute Gasteiger partial charge is 0.418 e. The van der Waals surface area contributed by atoms with Crippen LogP contribution in [0.4, 0.5) is 13.2 Å². The van der Waals surface area contributed by atoms with E-state index in [2.05, 4.69) is 4.74 Å². The molecule has 0 heterocycles. The van der Waals surface area contributed by atoms with Gasteiger partial charge < -0.3 is 4.74 Å². The van der Waals surface area contributed by atoms with Crippen LogP contribution in [0.2, 0.25) is 0 Å². The lowest BCUT2D eigenvalue weighted by Crippen LogP contribution is -2.17. The SMILES string of the molecule is CCOC(=O)Cc1c(I)ccc(C#N)c1C(F)(F)F. The quantitative estimate of drug-likeness (QED) is 0.595. The van der Waals surface area contributed by atoms with Crippen molar-refractivity contribution in [1.29, 1.82) is 5.26 Å². The van der Waals surface area contributed by atoms with E-state index in [4.69, 9.17) is 5.26 Å². The van der Waals surface area contributed by atoms with Crippen LogP contribution in [-0.2, 0) is 22.1 Å². The van der Waals surface area contributed by atoms with Crippen LogP contribution in [-0.4, -0.2) is 12.6 Å². The molecule has 0 fully saturated rings. The molecular formula is C12H9F3INO2. The number of benzene rings is 1. The zero-order chi connectivity index (χ0) is 14.6.